The van der Waals surface area contributed by atoms with Gasteiger partial charge in [0.1, 0.15) is 17.7 Å². The van der Waals surface area contributed by atoms with Gasteiger partial charge in [-0.2, -0.15) is 4.98 Å². The van der Waals surface area contributed by atoms with E-state index in [1.54, 1.807) is 24.1 Å². The van der Waals surface area contributed by atoms with E-state index in [1.165, 1.54) is 12.1 Å². The molecule has 1 fully saturated rings. The number of aromatic nitrogens is 2. The molecule has 0 unspecified atom stereocenters. The van der Waals surface area contributed by atoms with Crippen molar-refractivity contribution in [3.8, 4) is 17.2 Å². The lowest BCUT2D eigenvalue weighted by Crippen LogP contribution is -2.57. The van der Waals surface area contributed by atoms with Crippen LogP contribution in [0.2, 0.25) is 0 Å². The number of likely N-dealkylation sites (tertiary alicyclic amines) is 1. The standard InChI is InChI=1S/C21H21FN4O4/c1-28-10-9-19-24-20(30-25-19)17-7-2-3-8-18(17)29-16-12-26(13-16)21(27)23-15-6-4-5-14(22)11-15/h2-8,11,16H,9-10,12-13H2,1H3,(H,23,27). The van der Waals surface area contributed by atoms with Crippen molar-refractivity contribution in [1.82, 2.24) is 15.0 Å². The Morgan fingerprint density at radius 1 is 1.27 bits per heavy atom. The summed E-state index contributed by atoms with van der Waals surface area (Å²) in [4.78, 5) is 18.2. The van der Waals surface area contributed by atoms with Crippen LogP contribution < -0.4 is 10.1 Å². The fourth-order valence-corrected chi connectivity index (χ4v) is 3.03. The van der Waals surface area contributed by atoms with E-state index in [0.29, 0.717) is 54.8 Å². The SMILES string of the molecule is COCCc1noc(-c2ccccc2OC2CN(C(=O)Nc3cccc(F)c3)C2)n1. The molecule has 0 radical (unpaired) electrons. The van der Waals surface area contributed by atoms with Gasteiger partial charge in [-0.15, -0.1) is 0 Å². The number of amides is 2. The molecule has 1 aliphatic heterocycles. The number of nitrogens with zero attached hydrogens (tertiary/aromatic N) is 3. The van der Waals surface area contributed by atoms with E-state index in [-0.39, 0.29) is 12.1 Å². The van der Waals surface area contributed by atoms with Crippen molar-refractivity contribution in [1.29, 1.82) is 0 Å². The first-order valence-electron chi connectivity index (χ1n) is 9.51. The van der Waals surface area contributed by atoms with E-state index >= 15 is 0 Å². The van der Waals surface area contributed by atoms with Crippen molar-refractivity contribution in [3.63, 3.8) is 0 Å². The second-order valence-electron chi connectivity index (χ2n) is 6.84. The fraction of sp³-hybridized carbons (Fsp3) is 0.286. The first kappa shape index (κ1) is 19.8. The molecule has 3 aromatic rings. The Morgan fingerprint density at radius 3 is 2.90 bits per heavy atom. The molecule has 0 atom stereocenters. The normalized spacial score (nSPS) is 13.7. The Bertz CT molecular complexity index is 1020. The summed E-state index contributed by atoms with van der Waals surface area (Å²) in [7, 11) is 1.62. The smallest absolute Gasteiger partial charge is 0.322 e. The molecular weight excluding hydrogens is 391 g/mol. The highest BCUT2D eigenvalue weighted by atomic mass is 19.1. The molecule has 0 bridgehead atoms. The maximum Gasteiger partial charge on any atom is 0.322 e. The molecule has 0 spiro atoms. The molecule has 2 aromatic carbocycles. The summed E-state index contributed by atoms with van der Waals surface area (Å²) in [6, 6.07) is 12.9. The number of anilines is 1. The predicted octanol–water partition coefficient (Wildman–Crippen LogP) is 3.36. The molecular formula is C21H21FN4O4. The molecule has 1 N–H and O–H groups in total. The third-order valence-corrected chi connectivity index (χ3v) is 4.62. The van der Waals surface area contributed by atoms with Crippen LogP contribution >= 0.6 is 0 Å². The quantitative estimate of drug-likeness (QED) is 0.640. The highest BCUT2D eigenvalue weighted by molar-refractivity contribution is 5.89. The Labute approximate surface area is 172 Å². The Morgan fingerprint density at radius 2 is 2.10 bits per heavy atom. The molecule has 156 valence electrons. The van der Waals surface area contributed by atoms with E-state index in [0.717, 1.165) is 0 Å². The van der Waals surface area contributed by atoms with Crippen LogP contribution in [0.25, 0.3) is 11.5 Å². The van der Waals surface area contributed by atoms with Gasteiger partial charge in [-0.1, -0.05) is 23.4 Å². The number of rotatable bonds is 7. The minimum absolute atomic E-state index is 0.166. The van der Waals surface area contributed by atoms with Crippen molar-refractivity contribution < 1.29 is 23.2 Å². The van der Waals surface area contributed by atoms with Crippen molar-refractivity contribution in [2.75, 3.05) is 32.1 Å². The lowest BCUT2D eigenvalue weighted by atomic mass is 10.1. The van der Waals surface area contributed by atoms with Crippen LogP contribution in [-0.2, 0) is 11.2 Å². The summed E-state index contributed by atoms with van der Waals surface area (Å²) < 4.78 is 29.7. The number of hydrogen-bond donors (Lipinski definition) is 1. The van der Waals surface area contributed by atoms with E-state index in [2.05, 4.69) is 15.5 Å². The minimum atomic E-state index is -0.402. The zero-order valence-electron chi connectivity index (χ0n) is 16.4. The number of para-hydroxylation sites is 1. The average molecular weight is 412 g/mol. The molecule has 9 heteroatoms. The third-order valence-electron chi connectivity index (χ3n) is 4.62. The van der Waals surface area contributed by atoms with Crippen molar-refractivity contribution in [2.45, 2.75) is 12.5 Å². The largest absolute Gasteiger partial charge is 0.486 e. The first-order chi connectivity index (χ1) is 14.6. The number of nitrogens with one attached hydrogen (secondary N) is 1. The monoisotopic (exact) mass is 412 g/mol. The highest BCUT2D eigenvalue weighted by Crippen LogP contribution is 2.30. The van der Waals surface area contributed by atoms with Gasteiger partial charge in [0.15, 0.2) is 5.82 Å². The molecule has 30 heavy (non-hydrogen) atoms. The lowest BCUT2D eigenvalue weighted by molar-refractivity contribution is 0.0496. The van der Waals surface area contributed by atoms with Crippen LogP contribution in [0, 0.1) is 5.82 Å². The molecule has 1 aromatic heterocycles. The van der Waals surface area contributed by atoms with E-state index in [9.17, 15) is 9.18 Å². The minimum Gasteiger partial charge on any atom is -0.486 e. The summed E-state index contributed by atoms with van der Waals surface area (Å²) >= 11 is 0. The Kier molecular flexibility index (Phi) is 5.89. The summed E-state index contributed by atoms with van der Waals surface area (Å²) in [5.74, 6) is 1.14. The molecule has 2 amide bonds. The van der Waals surface area contributed by atoms with Gasteiger partial charge >= 0.3 is 6.03 Å². The van der Waals surface area contributed by atoms with Crippen molar-refractivity contribution in [3.05, 3.63) is 60.2 Å². The van der Waals surface area contributed by atoms with Gasteiger partial charge in [-0.3, -0.25) is 0 Å². The third kappa shape index (κ3) is 4.57. The number of ether oxygens (including phenoxy) is 2. The van der Waals surface area contributed by atoms with Crippen LogP contribution in [0.1, 0.15) is 5.82 Å². The Balaban J connectivity index is 1.35. The average Bonchev–Trinajstić information content (AvgIpc) is 3.17. The maximum atomic E-state index is 13.3. The zero-order chi connectivity index (χ0) is 20.9. The van der Waals surface area contributed by atoms with E-state index < -0.39 is 5.82 Å². The molecule has 2 heterocycles. The number of hydrogen-bond acceptors (Lipinski definition) is 6. The molecule has 1 saturated heterocycles. The van der Waals surface area contributed by atoms with Gasteiger partial charge in [0.25, 0.3) is 5.89 Å². The number of methoxy groups -OCH3 is 1. The van der Waals surface area contributed by atoms with Gasteiger partial charge in [0, 0.05) is 19.2 Å². The number of halogens is 1. The van der Waals surface area contributed by atoms with Gasteiger partial charge in [0.2, 0.25) is 0 Å². The van der Waals surface area contributed by atoms with Crippen LogP contribution in [0.4, 0.5) is 14.9 Å². The van der Waals surface area contributed by atoms with Gasteiger partial charge in [0.05, 0.1) is 25.3 Å². The topological polar surface area (TPSA) is 89.7 Å². The second-order valence-corrected chi connectivity index (χ2v) is 6.84. The van der Waals surface area contributed by atoms with Crippen molar-refractivity contribution in [2.24, 2.45) is 0 Å². The second kappa shape index (κ2) is 8.91. The summed E-state index contributed by atoms with van der Waals surface area (Å²) in [5, 5.41) is 6.63. The van der Waals surface area contributed by atoms with Crippen LogP contribution in [0.15, 0.2) is 53.1 Å². The number of carbonyl (C=O) groups excluding carboxylic acids is 1. The first-order valence-corrected chi connectivity index (χ1v) is 9.51. The van der Waals surface area contributed by atoms with Crippen molar-refractivity contribution >= 4 is 11.7 Å². The number of carbonyl (C=O) groups is 1. The number of urea groups is 1. The molecule has 1 aliphatic rings. The molecule has 0 saturated carbocycles. The summed E-state index contributed by atoms with van der Waals surface area (Å²) in [5.41, 5.74) is 1.10. The summed E-state index contributed by atoms with van der Waals surface area (Å²) in [6.45, 7) is 1.34. The van der Waals surface area contributed by atoms with Crippen LogP contribution in [0.3, 0.4) is 0 Å². The highest BCUT2D eigenvalue weighted by Gasteiger charge is 2.33. The molecule has 4 rings (SSSR count). The van der Waals surface area contributed by atoms with E-state index in [1.807, 2.05) is 24.3 Å². The zero-order valence-corrected chi connectivity index (χ0v) is 16.4. The van der Waals surface area contributed by atoms with Crippen LogP contribution in [0.5, 0.6) is 5.75 Å². The fourth-order valence-electron chi connectivity index (χ4n) is 3.03. The predicted molar refractivity (Wildman–Crippen MR) is 107 cm³/mol. The van der Waals surface area contributed by atoms with Crippen LogP contribution in [-0.4, -0.2) is 54.0 Å². The maximum absolute atomic E-state index is 13.3. The summed E-state index contributed by atoms with van der Waals surface area (Å²) in [6.07, 6.45) is 0.390. The number of benzene rings is 2. The van der Waals surface area contributed by atoms with Gasteiger partial charge < -0.3 is 24.2 Å². The van der Waals surface area contributed by atoms with Gasteiger partial charge in [-0.05, 0) is 30.3 Å². The van der Waals surface area contributed by atoms with E-state index in [4.69, 9.17) is 14.0 Å². The molecule has 0 aliphatic carbocycles. The molecule has 8 nitrogen and oxygen atoms in total. The Hall–Kier alpha value is -3.46. The lowest BCUT2D eigenvalue weighted by Gasteiger charge is -2.39. The van der Waals surface area contributed by atoms with Gasteiger partial charge in [-0.25, -0.2) is 9.18 Å².